The Morgan fingerprint density at radius 1 is 1.15 bits per heavy atom. The Bertz CT molecular complexity index is 942. The molecule has 0 radical (unpaired) electrons. The van der Waals surface area contributed by atoms with Crippen molar-refractivity contribution in [1.29, 1.82) is 0 Å². The van der Waals surface area contributed by atoms with Gasteiger partial charge in [-0.2, -0.15) is 0 Å². The summed E-state index contributed by atoms with van der Waals surface area (Å²) in [5.74, 6) is -1.41. The Kier molecular flexibility index (Phi) is 5.18. The largest absolute Gasteiger partial charge is 0.507 e. The first-order valence-corrected chi connectivity index (χ1v) is 8.13. The number of benzene rings is 2. The third-order valence-electron chi connectivity index (χ3n) is 3.68. The highest BCUT2D eigenvalue weighted by atomic mass is 35.5. The molecule has 27 heavy (non-hydrogen) atoms. The Balaban J connectivity index is 1.68. The van der Waals surface area contributed by atoms with Crippen molar-refractivity contribution in [3.05, 3.63) is 46.5 Å². The summed E-state index contributed by atoms with van der Waals surface area (Å²) in [7, 11) is 0. The van der Waals surface area contributed by atoms with E-state index in [1.165, 1.54) is 37.3 Å². The number of esters is 1. The maximum atomic E-state index is 12.1. The van der Waals surface area contributed by atoms with E-state index in [9.17, 15) is 19.5 Å². The number of phenolic OH excluding ortho intramolecular Hbond substituents is 1. The Hall–Kier alpha value is -3.26. The molecule has 0 saturated carbocycles. The first-order valence-electron chi connectivity index (χ1n) is 7.75. The average Bonchev–Trinajstić information content (AvgIpc) is 3.08. The van der Waals surface area contributed by atoms with Crippen molar-refractivity contribution in [1.82, 2.24) is 0 Å². The summed E-state index contributed by atoms with van der Waals surface area (Å²) in [6.07, 6.45) is 0. The van der Waals surface area contributed by atoms with Gasteiger partial charge in [-0.05, 0) is 31.2 Å². The van der Waals surface area contributed by atoms with Crippen molar-refractivity contribution >= 4 is 34.9 Å². The summed E-state index contributed by atoms with van der Waals surface area (Å²) in [6, 6.07) is 6.80. The van der Waals surface area contributed by atoms with Gasteiger partial charge in [-0.1, -0.05) is 11.6 Å². The third-order valence-corrected chi connectivity index (χ3v) is 3.91. The molecule has 0 bridgehead atoms. The molecule has 2 N–H and O–H groups in total. The topological polar surface area (TPSA) is 111 Å². The highest BCUT2D eigenvalue weighted by molar-refractivity contribution is 6.31. The Labute approximate surface area is 158 Å². The zero-order valence-electron chi connectivity index (χ0n) is 14.1. The Morgan fingerprint density at radius 2 is 1.85 bits per heavy atom. The molecule has 0 aromatic heterocycles. The van der Waals surface area contributed by atoms with Crippen molar-refractivity contribution in [2.24, 2.45) is 0 Å². The van der Waals surface area contributed by atoms with Crippen molar-refractivity contribution in [2.75, 3.05) is 18.7 Å². The smallest absolute Gasteiger partial charge is 0.342 e. The number of ether oxygens (including phenoxy) is 3. The molecule has 0 spiro atoms. The number of aromatic hydroxyl groups is 1. The predicted octanol–water partition coefficient (Wildman–Crippen LogP) is 2.77. The lowest BCUT2D eigenvalue weighted by molar-refractivity contribution is -0.119. The number of hydrogen-bond donors (Lipinski definition) is 2. The number of anilines is 1. The van der Waals surface area contributed by atoms with E-state index in [1.54, 1.807) is 0 Å². The molecule has 2 aromatic rings. The molecule has 0 aliphatic carbocycles. The maximum Gasteiger partial charge on any atom is 0.342 e. The van der Waals surface area contributed by atoms with Gasteiger partial charge in [0, 0.05) is 16.7 Å². The molecular formula is C18H14ClNO7. The molecule has 8 nitrogen and oxygen atoms in total. The molecule has 1 amide bonds. The minimum Gasteiger partial charge on any atom is -0.507 e. The number of ketones is 1. The molecule has 0 fully saturated rings. The standard InChI is InChI=1S/C18H14ClNO7/c1-9(21)11-5-15-16(27-8-26-15)6-13(11)20-17(23)7-25-18(24)12-4-10(19)2-3-14(12)22/h2-6,22H,7-8H2,1H3,(H,20,23). The maximum absolute atomic E-state index is 12.1. The number of rotatable bonds is 5. The first-order chi connectivity index (χ1) is 12.8. The summed E-state index contributed by atoms with van der Waals surface area (Å²) in [6.45, 7) is 0.733. The number of carbonyl (C=O) groups is 3. The predicted molar refractivity (Wildman–Crippen MR) is 94.6 cm³/mol. The van der Waals surface area contributed by atoms with Crippen molar-refractivity contribution in [2.45, 2.75) is 6.92 Å². The van der Waals surface area contributed by atoms with Crippen LogP contribution in [0.3, 0.4) is 0 Å². The summed E-state index contributed by atoms with van der Waals surface area (Å²) in [5.41, 5.74) is 0.271. The fourth-order valence-electron chi connectivity index (χ4n) is 2.40. The fraction of sp³-hybridized carbons (Fsp3) is 0.167. The molecule has 9 heteroatoms. The molecule has 1 aliphatic heterocycles. The number of halogens is 1. The molecule has 0 saturated heterocycles. The third kappa shape index (κ3) is 4.12. The minimum atomic E-state index is -0.914. The SMILES string of the molecule is CC(=O)c1cc2c(cc1NC(=O)COC(=O)c1cc(Cl)ccc1O)OCO2. The van der Waals surface area contributed by atoms with Gasteiger partial charge in [-0.25, -0.2) is 4.79 Å². The average molecular weight is 392 g/mol. The van der Waals surface area contributed by atoms with E-state index in [1.807, 2.05) is 0 Å². The van der Waals surface area contributed by atoms with Crippen LogP contribution in [-0.2, 0) is 9.53 Å². The normalized spacial score (nSPS) is 11.8. The number of hydrogen-bond acceptors (Lipinski definition) is 7. The van der Waals surface area contributed by atoms with Crippen LogP contribution in [0.4, 0.5) is 5.69 Å². The fourth-order valence-corrected chi connectivity index (χ4v) is 2.58. The molecule has 0 unspecified atom stereocenters. The number of Topliss-reactive ketones (excluding diaryl/α,β-unsaturated/α-hetero) is 1. The van der Waals surface area contributed by atoms with E-state index in [0.717, 1.165) is 0 Å². The number of amides is 1. The highest BCUT2D eigenvalue weighted by Crippen LogP contribution is 2.37. The van der Waals surface area contributed by atoms with Crippen molar-refractivity contribution in [3.63, 3.8) is 0 Å². The van der Waals surface area contributed by atoms with Crippen LogP contribution >= 0.6 is 11.6 Å². The van der Waals surface area contributed by atoms with Gasteiger partial charge in [-0.3, -0.25) is 9.59 Å². The van der Waals surface area contributed by atoms with Gasteiger partial charge in [-0.15, -0.1) is 0 Å². The zero-order valence-corrected chi connectivity index (χ0v) is 14.8. The van der Waals surface area contributed by atoms with Crippen LogP contribution in [0.5, 0.6) is 17.2 Å². The van der Waals surface area contributed by atoms with Gasteiger partial charge in [0.1, 0.15) is 11.3 Å². The summed E-state index contributed by atoms with van der Waals surface area (Å²) in [5, 5.41) is 12.4. The van der Waals surface area contributed by atoms with E-state index >= 15 is 0 Å². The molecule has 140 valence electrons. The first kappa shape index (κ1) is 18.5. The number of nitrogens with one attached hydrogen (secondary N) is 1. The van der Waals surface area contributed by atoms with Crippen molar-refractivity contribution < 1.29 is 33.7 Å². The van der Waals surface area contributed by atoms with E-state index in [0.29, 0.717) is 11.5 Å². The van der Waals surface area contributed by atoms with E-state index in [-0.39, 0.29) is 40.2 Å². The lowest BCUT2D eigenvalue weighted by atomic mass is 10.1. The lowest BCUT2D eigenvalue weighted by Crippen LogP contribution is -2.22. The van der Waals surface area contributed by atoms with Gasteiger partial charge < -0.3 is 24.6 Å². The second-order valence-electron chi connectivity index (χ2n) is 5.59. The van der Waals surface area contributed by atoms with Crippen LogP contribution in [0.1, 0.15) is 27.6 Å². The van der Waals surface area contributed by atoms with Gasteiger partial charge in [0.15, 0.2) is 23.9 Å². The van der Waals surface area contributed by atoms with Gasteiger partial charge in [0.2, 0.25) is 6.79 Å². The second-order valence-corrected chi connectivity index (χ2v) is 6.03. The quantitative estimate of drug-likeness (QED) is 0.595. The summed E-state index contributed by atoms with van der Waals surface area (Å²) < 4.78 is 15.3. The van der Waals surface area contributed by atoms with Crippen molar-refractivity contribution in [3.8, 4) is 17.2 Å². The Morgan fingerprint density at radius 3 is 2.56 bits per heavy atom. The highest BCUT2D eigenvalue weighted by Gasteiger charge is 2.21. The number of phenols is 1. The van der Waals surface area contributed by atoms with Crippen LogP contribution in [-0.4, -0.2) is 36.2 Å². The van der Waals surface area contributed by atoms with Crippen LogP contribution in [0, 0.1) is 0 Å². The minimum absolute atomic E-state index is 0.0187. The number of carbonyl (C=O) groups excluding carboxylic acids is 3. The van der Waals surface area contributed by atoms with Gasteiger partial charge >= 0.3 is 5.97 Å². The molecule has 1 aliphatic rings. The zero-order chi connectivity index (χ0) is 19.6. The van der Waals surface area contributed by atoms with E-state index < -0.39 is 18.5 Å². The van der Waals surface area contributed by atoms with Crippen LogP contribution in [0.15, 0.2) is 30.3 Å². The number of fused-ring (bicyclic) bond motifs is 1. The molecule has 3 rings (SSSR count). The van der Waals surface area contributed by atoms with E-state index in [4.69, 9.17) is 25.8 Å². The van der Waals surface area contributed by atoms with Crippen LogP contribution in [0.25, 0.3) is 0 Å². The molecule has 0 atom stereocenters. The molecular weight excluding hydrogens is 378 g/mol. The van der Waals surface area contributed by atoms with Crippen LogP contribution in [0.2, 0.25) is 5.02 Å². The van der Waals surface area contributed by atoms with Crippen LogP contribution < -0.4 is 14.8 Å². The molecule has 1 heterocycles. The second kappa shape index (κ2) is 7.55. The lowest BCUT2D eigenvalue weighted by Gasteiger charge is -2.11. The summed E-state index contributed by atoms with van der Waals surface area (Å²) >= 11 is 5.77. The van der Waals surface area contributed by atoms with Gasteiger partial charge in [0.25, 0.3) is 5.91 Å². The van der Waals surface area contributed by atoms with Gasteiger partial charge in [0.05, 0.1) is 5.69 Å². The molecule has 2 aromatic carbocycles. The monoisotopic (exact) mass is 391 g/mol. The van der Waals surface area contributed by atoms with E-state index in [2.05, 4.69) is 5.32 Å². The summed E-state index contributed by atoms with van der Waals surface area (Å²) in [4.78, 5) is 35.9.